The Morgan fingerprint density at radius 1 is 1.27 bits per heavy atom. The van der Waals surface area contributed by atoms with Crippen LogP contribution in [0.25, 0.3) is 11.0 Å². The van der Waals surface area contributed by atoms with Gasteiger partial charge >= 0.3 is 0 Å². The molecule has 80 valence electrons. The molecule has 0 radical (unpaired) electrons. The monoisotopic (exact) mass is 207 g/mol. The van der Waals surface area contributed by atoms with Crippen molar-refractivity contribution in [2.75, 3.05) is 0 Å². The van der Waals surface area contributed by atoms with Crippen molar-refractivity contribution in [1.29, 1.82) is 0 Å². The van der Waals surface area contributed by atoms with Crippen LogP contribution in [-0.2, 0) is 0 Å². The molecule has 2 aromatic rings. The quantitative estimate of drug-likeness (QED) is 0.822. The van der Waals surface area contributed by atoms with Gasteiger partial charge in [0.2, 0.25) is 0 Å². The average Bonchev–Trinajstić information content (AvgIpc) is 2.66. The molecule has 1 aromatic heterocycles. The summed E-state index contributed by atoms with van der Waals surface area (Å²) < 4.78 is 19.1. The number of hydrogen-bond donors (Lipinski definition) is 1. The molecule has 3 heteroatoms. The van der Waals surface area contributed by atoms with Crippen molar-refractivity contribution >= 4 is 11.0 Å². The summed E-state index contributed by atoms with van der Waals surface area (Å²) in [7, 11) is 0. The van der Waals surface area contributed by atoms with Crippen LogP contribution in [0.3, 0.4) is 0 Å². The van der Waals surface area contributed by atoms with Gasteiger partial charge in [0.15, 0.2) is 11.4 Å². The van der Waals surface area contributed by atoms with E-state index < -0.39 is 0 Å². The summed E-state index contributed by atoms with van der Waals surface area (Å²) in [6.07, 6.45) is 1.49. The molecule has 0 aliphatic rings. The summed E-state index contributed by atoms with van der Waals surface area (Å²) in [5, 5.41) is 0.785. The minimum Gasteiger partial charge on any atom is -0.461 e. The van der Waals surface area contributed by atoms with Crippen molar-refractivity contribution in [3.05, 3.63) is 35.8 Å². The number of nitrogens with two attached hydrogens (primary N) is 1. The minimum atomic E-state index is -0.290. The molecular weight excluding hydrogens is 193 g/mol. The Kier molecular flexibility index (Phi) is 2.49. The Morgan fingerprint density at radius 2 is 2.00 bits per heavy atom. The van der Waals surface area contributed by atoms with E-state index in [1.54, 1.807) is 12.1 Å². The lowest BCUT2D eigenvalue weighted by molar-refractivity contribution is 0.526. The summed E-state index contributed by atoms with van der Waals surface area (Å²) in [5.74, 6) is -0.304. The molecule has 1 aromatic carbocycles. The van der Waals surface area contributed by atoms with Gasteiger partial charge in [0.1, 0.15) is 0 Å². The summed E-state index contributed by atoms with van der Waals surface area (Å²) >= 11 is 0. The van der Waals surface area contributed by atoms with Crippen LogP contribution in [0.2, 0.25) is 0 Å². The van der Waals surface area contributed by atoms with Crippen LogP contribution < -0.4 is 5.73 Å². The summed E-state index contributed by atoms with van der Waals surface area (Å²) in [4.78, 5) is 0. The highest BCUT2D eigenvalue weighted by atomic mass is 19.1. The fourth-order valence-corrected chi connectivity index (χ4v) is 1.65. The molecule has 0 amide bonds. The number of furan rings is 1. The number of hydrogen-bond acceptors (Lipinski definition) is 2. The lowest BCUT2D eigenvalue weighted by atomic mass is 9.94. The summed E-state index contributed by atoms with van der Waals surface area (Å²) in [5.41, 5.74) is 6.70. The first-order chi connectivity index (χ1) is 7.11. The van der Waals surface area contributed by atoms with E-state index in [9.17, 15) is 4.39 Å². The van der Waals surface area contributed by atoms with E-state index in [1.165, 1.54) is 6.26 Å². The third kappa shape index (κ3) is 1.63. The zero-order valence-corrected chi connectivity index (χ0v) is 8.83. The van der Waals surface area contributed by atoms with Gasteiger partial charge < -0.3 is 10.2 Å². The van der Waals surface area contributed by atoms with Crippen LogP contribution in [0.4, 0.5) is 4.39 Å². The van der Waals surface area contributed by atoms with Gasteiger partial charge in [-0.3, -0.25) is 0 Å². The molecular formula is C12H14FNO. The second kappa shape index (κ2) is 3.66. The lowest BCUT2D eigenvalue weighted by Gasteiger charge is -2.16. The highest BCUT2D eigenvalue weighted by Gasteiger charge is 2.17. The van der Waals surface area contributed by atoms with Gasteiger partial charge in [0.05, 0.1) is 6.26 Å². The molecule has 0 aliphatic heterocycles. The van der Waals surface area contributed by atoms with Gasteiger partial charge in [0.25, 0.3) is 0 Å². The van der Waals surface area contributed by atoms with Crippen LogP contribution in [0.15, 0.2) is 28.9 Å². The van der Waals surface area contributed by atoms with Gasteiger partial charge in [0, 0.05) is 11.4 Å². The van der Waals surface area contributed by atoms with Crippen LogP contribution >= 0.6 is 0 Å². The molecule has 2 atom stereocenters. The van der Waals surface area contributed by atoms with Crippen LogP contribution in [0.1, 0.15) is 25.3 Å². The number of benzene rings is 1. The maximum atomic E-state index is 14.0. The molecule has 0 saturated heterocycles. The van der Waals surface area contributed by atoms with E-state index in [0.717, 1.165) is 5.39 Å². The van der Waals surface area contributed by atoms with E-state index in [1.807, 2.05) is 19.9 Å². The highest BCUT2D eigenvalue weighted by Crippen LogP contribution is 2.28. The normalized spacial score (nSPS) is 15.5. The third-order valence-corrected chi connectivity index (χ3v) is 2.87. The first-order valence-electron chi connectivity index (χ1n) is 5.02. The van der Waals surface area contributed by atoms with Gasteiger partial charge in [-0.05, 0) is 24.5 Å². The van der Waals surface area contributed by atoms with Crippen LogP contribution in [0, 0.1) is 5.82 Å². The van der Waals surface area contributed by atoms with E-state index in [4.69, 9.17) is 10.2 Å². The molecule has 0 fully saturated rings. The van der Waals surface area contributed by atoms with Gasteiger partial charge in [-0.15, -0.1) is 0 Å². The van der Waals surface area contributed by atoms with Crippen LogP contribution in [-0.4, -0.2) is 6.04 Å². The minimum absolute atomic E-state index is 0.0144. The van der Waals surface area contributed by atoms with Crippen molar-refractivity contribution in [2.24, 2.45) is 5.73 Å². The van der Waals surface area contributed by atoms with Gasteiger partial charge in [-0.25, -0.2) is 4.39 Å². The van der Waals surface area contributed by atoms with Crippen molar-refractivity contribution in [3.8, 4) is 0 Å². The first kappa shape index (κ1) is 10.2. The Bertz CT molecular complexity index is 475. The molecule has 2 N–H and O–H groups in total. The molecule has 15 heavy (non-hydrogen) atoms. The second-order valence-electron chi connectivity index (χ2n) is 3.96. The number of rotatable bonds is 2. The largest absolute Gasteiger partial charge is 0.461 e. The molecule has 1 heterocycles. The van der Waals surface area contributed by atoms with Crippen molar-refractivity contribution < 1.29 is 8.81 Å². The predicted molar refractivity (Wildman–Crippen MR) is 58.2 cm³/mol. The molecule has 2 rings (SSSR count). The second-order valence-corrected chi connectivity index (χ2v) is 3.96. The zero-order chi connectivity index (χ0) is 11.0. The van der Waals surface area contributed by atoms with Crippen molar-refractivity contribution in [1.82, 2.24) is 0 Å². The zero-order valence-electron chi connectivity index (χ0n) is 8.83. The molecule has 2 nitrogen and oxygen atoms in total. The predicted octanol–water partition coefficient (Wildman–Crippen LogP) is 3.02. The van der Waals surface area contributed by atoms with Gasteiger partial charge in [-0.1, -0.05) is 19.1 Å². The Balaban J connectivity index is 2.57. The van der Waals surface area contributed by atoms with Crippen LogP contribution in [0.5, 0.6) is 0 Å². The lowest BCUT2D eigenvalue weighted by Crippen LogP contribution is -2.23. The Hall–Kier alpha value is -1.35. The maximum Gasteiger partial charge on any atom is 0.169 e. The van der Waals surface area contributed by atoms with E-state index >= 15 is 0 Å². The Morgan fingerprint density at radius 3 is 2.67 bits per heavy atom. The van der Waals surface area contributed by atoms with E-state index in [0.29, 0.717) is 11.1 Å². The number of halogens is 1. The smallest absolute Gasteiger partial charge is 0.169 e. The fraction of sp³-hybridized carbons (Fsp3) is 0.333. The standard InChI is InChI=1S/C12H14FNO/c1-7(8(2)14)10-4-3-9-5-6-15-12(9)11(10)13/h3-8H,14H2,1-2H3. The molecule has 0 aliphatic carbocycles. The van der Waals surface area contributed by atoms with Crippen molar-refractivity contribution in [3.63, 3.8) is 0 Å². The maximum absolute atomic E-state index is 14.0. The van der Waals surface area contributed by atoms with E-state index in [2.05, 4.69) is 0 Å². The number of fused-ring (bicyclic) bond motifs is 1. The third-order valence-electron chi connectivity index (χ3n) is 2.87. The topological polar surface area (TPSA) is 39.2 Å². The molecule has 2 unspecified atom stereocenters. The Labute approximate surface area is 87.9 Å². The summed E-state index contributed by atoms with van der Waals surface area (Å²) in [6, 6.07) is 5.31. The SMILES string of the molecule is CC(N)C(C)c1ccc2ccoc2c1F. The van der Waals surface area contributed by atoms with E-state index in [-0.39, 0.29) is 17.8 Å². The molecule has 0 saturated carbocycles. The summed E-state index contributed by atoms with van der Waals surface area (Å²) in [6.45, 7) is 3.79. The van der Waals surface area contributed by atoms with Crippen molar-refractivity contribution in [2.45, 2.75) is 25.8 Å². The fourth-order valence-electron chi connectivity index (χ4n) is 1.65. The first-order valence-corrected chi connectivity index (χ1v) is 5.02. The van der Waals surface area contributed by atoms with Gasteiger partial charge in [-0.2, -0.15) is 0 Å². The molecule has 0 bridgehead atoms. The highest BCUT2D eigenvalue weighted by molar-refractivity contribution is 5.78. The molecule has 0 spiro atoms. The average molecular weight is 207 g/mol.